The number of methoxy groups -OCH3 is 1. The summed E-state index contributed by atoms with van der Waals surface area (Å²) in [6.45, 7) is 0. The van der Waals surface area contributed by atoms with E-state index in [2.05, 4.69) is 0 Å². The Labute approximate surface area is 183 Å². The van der Waals surface area contributed by atoms with E-state index >= 15 is 0 Å². The van der Waals surface area contributed by atoms with Crippen LogP contribution in [0.1, 0.15) is 12.0 Å². The van der Waals surface area contributed by atoms with Crippen molar-refractivity contribution in [3.8, 4) is 16.9 Å². The van der Waals surface area contributed by atoms with Crippen molar-refractivity contribution in [1.29, 1.82) is 0 Å². The van der Waals surface area contributed by atoms with E-state index in [-0.39, 0.29) is 29.9 Å². The van der Waals surface area contributed by atoms with E-state index in [1.807, 2.05) is 54.6 Å². The highest BCUT2D eigenvalue weighted by molar-refractivity contribution is 7.91. The van der Waals surface area contributed by atoms with E-state index in [1.165, 1.54) is 0 Å². The van der Waals surface area contributed by atoms with Gasteiger partial charge in [0.25, 0.3) is 0 Å². The second kappa shape index (κ2) is 8.94. The Kier molecular flexibility index (Phi) is 6.09. The summed E-state index contributed by atoms with van der Waals surface area (Å²) in [6, 6.07) is 24.8. The molecular formula is C25H25NO4S. The van der Waals surface area contributed by atoms with Crippen LogP contribution in [0.4, 0.5) is 5.69 Å². The average molecular weight is 436 g/mol. The standard InChI is InChI=1S/C25H25NO4S/c1-30-24-13-11-22(12-14-24)26(23-15-16-31(28,29)18-23)25(27)17-19-7-9-21(10-8-19)20-5-3-2-4-6-20/h2-14,23H,15-18H2,1H3. The van der Waals surface area contributed by atoms with Crippen molar-refractivity contribution in [2.24, 2.45) is 0 Å². The van der Waals surface area contributed by atoms with E-state index in [0.717, 1.165) is 16.7 Å². The minimum atomic E-state index is -3.12. The fourth-order valence-corrected chi connectivity index (χ4v) is 5.69. The van der Waals surface area contributed by atoms with Gasteiger partial charge in [0.15, 0.2) is 9.84 Å². The summed E-state index contributed by atoms with van der Waals surface area (Å²) in [5, 5.41) is 0. The molecule has 0 aliphatic carbocycles. The fourth-order valence-electron chi connectivity index (χ4n) is 3.99. The maximum Gasteiger partial charge on any atom is 0.231 e. The van der Waals surface area contributed by atoms with Crippen LogP contribution in [0.2, 0.25) is 0 Å². The molecule has 1 fully saturated rings. The van der Waals surface area contributed by atoms with Crippen LogP contribution in [0, 0.1) is 0 Å². The van der Waals surface area contributed by atoms with Crippen molar-refractivity contribution in [3.05, 3.63) is 84.4 Å². The van der Waals surface area contributed by atoms with Crippen molar-refractivity contribution in [2.75, 3.05) is 23.5 Å². The molecule has 1 aliphatic heterocycles. The zero-order valence-electron chi connectivity index (χ0n) is 17.4. The molecule has 0 spiro atoms. The van der Waals surface area contributed by atoms with Gasteiger partial charge in [-0.25, -0.2) is 8.42 Å². The average Bonchev–Trinajstić information content (AvgIpc) is 3.14. The maximum absolute atomic E-state index is 13.3. The third kappa shape index (κ3) is 4.97. The Morgan fingerprint density at radius 1 is 0.935 bits per heavy atom. The summed E-state index contributed by atoms with van der Waals surface area (Å²) in [7, 11) is -1.54. The third-order valence-electron chi connectivity index (χ3n) is 5.61. The molecule has 0 N–H and O–H groups in total. The lowest BCUT2D eigenvalue weighted by Crippen LogP contribution is -2.42. The van der Waals surface area contributed by atoms with E-state index in [1.54, 1.807) is 36.3 Å². The van der Waals surface area contributed by atoms with Crippen molar-refractivity contribution in [2.45, 2.75) is 18.9 Å². The first-order valence-electron chi connectivity index (χ1n) is 10.3. The monoisotopic (exact) mass is 435 g/mol. The van der Waals surface area contributed by atoms with Crippen LogP contribution in [-0.4, -0.2) is 39.0 Å². The van der Waals surface area contributed by atoms with Gasteiger partial charge in [-0.15, -0.1) is 0 Å². The van der Waals surface area contributed by atoms with Gasteiger partial charge in [0.05, 0.1) is 31.1 Å². The van der Waals surface area contributed by atoms with Gasteiger partial charge >= 0.3 is 0 Å². The van der Waals surface area contributed by atoms with E-state index in [9.17, 15) is 13.2 Å². The van der Waals surface area contributed by atoms with E-state index in [4.69, 9.17) is 4.74 Å². The Hall–Kier alpha value is -3.12. The van der Waals surface area contributed by atoms with Crippen molar-refractivity contribution < 1.29 is 17.9 Å². The molecule has 0 aromatic heterocycles. The number of hydrogen-bond acceptors (Lipinski definition) is 4. The number of benzene rings is 3. The summed E-state index contributed by atoms with van der Waals surface area (Å²) in [5.41, 5.74) is 3.79. The number of ether oxygens (including phenoxy) is 1. The van der Waals surface area contributed by atoms with Crippen LogP contribution in [0.15, 0.2) is 78.9 Å². The Bertz CT molecular complexity index is 1140. The van der Waals surface area contributed by atoms with Crippen LogP contribution in [-0.2, 0) is 21.1 Å². The van der Waals surface area contributed by atoms with Gasteiger partial charge in [-0.05, 0) is 47.4 Å². The number of rotatable bonds is 6. The number of hydrogen-bond donors (Lipinski definition) is 0. The Balaban J connectivity index is 1.56. The molecule has 3 aromatic rings. The smallest absolute Gasteiger partial charge is 0.231 e. The van der Waals surface area contributed by atoms with Crippen LogP contribution >= 0.6 is 0 Å². The fraction of sp³-hybridized carbons (Fsp3) is 0.240. The molecule has 160 valence electrons. The molecule has 31 heavy (non-hydrogen) atoms. The lowest BCUT2D eigenvalue weighted by Gasteiger charge is -2.28. The molecule has 5 nitrogen and oxygen atoms in total. The zero-order valence-corrected chi connectivity index (χ0v) is 18.2. The van der Waals surface area contributed by atoms with Crippen LogP contribution in [0.5, 0.6) is 5.75 Å². The lowest BCUT2D eigenvalue weighted by molar-refractivity contribution is -0.118. The summed E-state index contributed by atoms with van der Waals surface area (Å²) >= 11 is 0. The molecule has 1 heterocycles. The molecule has 1 saturated heterocycles. The molecule has 0 saturated carbocycles. The molecule has 4 rings (SSSR count). The highest BCUT2D eigenvalue weighted by Gasteiger charge is 2.35. The van der Waals surface area contributed by atoms with Gasteiger partial charge < -0.3 is 9.64 Å². The van der Waals surface area contributed by atoms with E-state index in [0.29, 0.717) is 17.9 Å². The van der Waals surface area contributed by atoms with Gasteiger partial charge in [-0.3, -0.25) is 4.79 Å². The molecule has 1 amide bonds. The largest absolute Gasteiger partial charge is 0.497 e. The minimum absolute atomic E-state index is 0.00227. The van der Waals surface area contributed by atoms with Crippen molar-refractivity contribution in [3.63, 3.8) is 0 Å². The molecule has 3 aromatic carbocycles. The SMILES string of the molecule is COc1ccc(N(C(=O)Cc2ccc(-c3ccccc3)cc2)C2CCS(=O)(=O)C2)cc1. The van der Waals surface area contributed by atoms with Gasteiger partial charge in [0, 0.05) is 5.69 Å². The third-order valence-corrected chi connectivity index (χ3v) is 7.36. The number of sulfone groups is 1. The van der Waals surface area contributed by atoms with Gasteiger partial charge in [-0.1, -0.05) is 54.6 Å². The van der Waals surface area contributed by atoms with Crippen molar-refractivity contribution >= 4 is 21.4 Å². The van der Waals surface area contributed by atoms with Crippen LogP contribution in [0.3, 0.4) is 0 Å². The van der Waals surface area contributed by atoms with Crippen LogP contribution < -0.4 is 9.64 Å². The van der Waals surface area contributed by atoms with Gasteiger partial charge in [0.2, 0.25) is 5.91 Å². The maximum atomic E-state index is 13.3. The van der Waals surface area contributed by atoms with E-state index < -0.39 is 9.84 Å². The first-order chi connectivity index (χ1) is 14.9. The van der Waals surface area contributed by atoms with Crippen molar-refractivity contribution in [1.82, 2.24) is 0 Å². The van der Waals surface area contributed by atoms with Gasteiger partial charge in [-0.2, -0.15) is 0 Å². The second-order valence-electron chi connectivity index (χ2n) is 7.76. The highest BCUT2D eigenvalue weighted by atomic mass is 32.2. The summed E-state index contributed by atoms with van der Waals surface area (Å²) in [4.78, 5) is 15.0. The Morgan fingerprint density at radius 3 is 2.16 bits per heavy atom. The normalized spacial score (nSPS) is 17.3. The highest BCUT2D eigenvalue weighted by Crippen LogP contribution is 2.28. The molecule has 1 unspecified atom stereocenters. The topological polar surface area (TPSA) is 63.7 Å². The summed E-state index contributed by atoms with van der Waals surface area (Å²) in [5.74, 6) is 0.688. The molecule has 0 bridgehead atoms. The summed E-state index contributed by atoms with van der Waals surface area (Å²) in [6.07, 6.45) is 0.657. The number of amides is 1. The number of carbonyl (C=O) groups is 1. The molecule has 6 heteroatoms. The predicted molar refractivity (Wildman–Crippen MR) is 123 cm³/mol. The zero-order chi connectivity index (χ0) is 21.8. The molecular weight excluding hydrogens is 410 g/mol. The quantitative estimate of drug-likeness (QED) is 0.584. The first kappa shape index (κ1) is 21.1. The molecule has 0 radical (unpaired) electrons. The molecule has 1 aliphatic rings. The number of anilines is 1. The first-order valence-corrected chi connectivity index (χ1v) is 12.1. The Morgan fingerprint density at radius 2 is 1.58 bits per heavy atom. The van der Waals surface area contributed by atoms with Crippen LogP contribution in [0.25, 0.3) is 11.1 Å². The predicted octanol–water partition coefficient (Wildman–Crippen LogP) is 4.13. The number of nitrogens with zero attached hydrogens (tertiary/aromatic N) is 1. The van der Waals surface area contributed by atoms with Gasteiger partial charge in [0.1, 0.15) is 5.75 Å². The minimum Gasteiger partial charge on any atom is -0.497 e. The second-order valence-corrected chi connectivity index (χ2v) is 9.99. The summed E-state index contributed by atoms with van der Waals surface area (Å²) < 4.78 is 29.4. The molecule has 1 atom stereocenters. The lowest BCUT2D eigenvalue weighted by atomic mass is 10.0. The number of carbonyl (C=O) groups excluding carboxylic acids is 1.